The second-order valence-electron chi connectivity index (χ2n) is 10.9. The van der Waals surface area contributed by atoms with E-state index in [-0.39, 0.29) is 17.9 Å². The maximum atomic E-state index is 12.8. The molecule has 3 aliphatic rings. The molecule has 0 bridgehead atoms. The zero-order valence-electron chi connectivity index (χ0n) is 22.4. The van der Waals surface area contributed by atoms with Crippen LogP contribution in [0.2, 0.25) is 0 Å². The number of anilines is 3. The Labute approximate surface area is 228 Å². The van der Waals surface area contributed by atoms with E-state index in [2.05, 4.69) is 74.0 Å². The summed E-state index contributed by atoms with van der Waals surface area (Å²) in [5, 5.41) is 9.03. The van der Waals surface area contributed by atoms with E-state index in [0.717, 1.165) is 55.4 Å². The van der Waals surface area contributed by atoms with Crippen LogP contribution < -0.4 is 15.5 Å². The van der Waals surface area contributed by atoms with Gasteiger partial charge in [-0.15, -0.1) is 0 Å². The number of fused-ring (bicyclic) bond motifs is 1. The molecule has 10 nitrogen and oxygen atoms in total. The summed E-state index contributed by atoms with van der Waals surface area (Å²) in [6.45, 7) is 7.70. The van der Waals surface area contributed by atoms with E-state index >= 15 is 0 Å². The molecule has 3 aromatic rings. The molecule has 10 heteroatoms. The highest BCUT2D eigenvalue weighted by Gasteiger charge is 2.32. The normalized spacial score (nSPS) is 19.8. The van der Waals surface area contributed by atoms with Crippen LogP contribution in [-0.4, -0.2) is 83.0 Å². The Morgan fingerprint density at radius 1 is 1.00 bits per heavy atom. The summed E-state index contributed by atoms with van der Waals surface area (Å²) in [6, 6.07) is 14.8. The lowest BCUT2D eigenvalue weighted by Gasteiger charge is -2.37. The first-order valence-corrected chi connectivity index (χ1v) is 13.5. The predicted molar refractivity (Wildman–Crippen MR) is 150 cm³/mol. The third-order valence-electron chi connectivity index (χ3n) is 8.10. The van der Waals surface area contributed by atoms with Crippen LogP contribution in [0.1, 0.15) is 28.5 Å². The van der Waals surface area contributed by atoms with Gasteiger partial charge in [0.25, 0.3) is 5.91 Å². The van der Waals surface area contributed by atoms with Gasteiger partial charge in [0.2, 0.25) is 5.95 Å². The first-order valence-electron chi connectivity index (χ1n) is 13.5. The SMILES string of the molecule is CC1Cc2ccc(-c3ccnc(C(=O)N4CC(C#N)C4)c3)cc2CN1c1cc(N2CCN(C)CC2)nc(N)n1. The number of likely N-dealkylation sites (N-methyl/N-ethyl adjacent to an activating group) is 1. The second-order valence-corrected chi connectivity index (χ2v) is 10.9. The molecule has 2 N–H and O–H groups in total. The zero-order chi connectivity index (χ0) is 27.1. The second kappa shape index (κ2) is 10.2. The smallest absolute Gasteiger partial charge is 0.272 e. The molecule has 2 aromatic heterocycles. The number of aromatic nitrogens is 3. The fraction of sp³-hybridized carbons (Fsp3) is 0.414. The molecule has 5 heterocycles. The predicted octanol–water partition coefficient (Wildman–Crippen LogP) is 2.42. The molecular weight excluding hydrogens is 490 g/mol. The van der Waals surface area contributed by atoms with Crippen molar-refractivity contribution in [1.82, 2.24) is 24.8 Å². The van der Waals surface area contributed by atoms with Crippen molar-refractivity contribution in [2.75, 3.05) is 61.8 Å². The lowest BCUT2D eigenvalue weighted by atomic mass is 9.91. The quantitative estimate of drug-likeness (QED) is 0.550. The van der Waals surface area contributed by atoms with Gasteiger partial charge >= 0.3 is 0 Å². The van der Waals surface area contributed by atoms with Crippen molar-refractivity contribution < 1.29 is 4.79 Å². The monoisotopic (exact) mass is 523 g/mol. The number of nitrogens with two attached hydrogens (primary N) is 1. The molecule has 6 rings (SSSR count). The van der Waals surface area contributed by atoms with E-state index < -0.39 is 0 Å². The number of nitriles is 1. The molecule has 0 radical (unpaired) electrons. The largest absolute Gasteiger partial charge is 0.368 e. The molecular formula is C29H33N9O. The van der Waals surface area contributed by atoms with Gasteiger partial charge in [-0.25, -0.2) is 0 Å². The van der Waals surface area contributed by atoms with Crippen molar-refractivity contribution in [2.45, 2.75) is 25.9 Å². The van der Waals surface area contributed by atoms with Crippen LogP contribution >= 0.6 is 0 Å². The molecule has 200 valence electrons. The summed E-state index contributed by atoms with van der Waals surface area (Å²) in [5.74, 6) is 1.83. The minimum atomic E-state index is -0.126. The number of piperazine rings is 1. The van der Waals surface area contributed by atoms with Crippen molar-refractivity contribution in [3.8, 4) is 17.2 Å². The number of carbonyl (C=O) groups is 1. The number of pyridine rings is 1. The Hall–Kier alpha value is -4.23. The van der Waals surface area contributed by atoms with Crippen LogP contribution in [0.4, 0.5) is 17.6 Å². The molecule has 1 atom stereocenters. The third kappa shape index (κ3) is 4.98. The van der Waals surface area contributed by atoms with Crippen LogP contribution in [0.15, 0.2) is 42.6 Å². The van der Waals surface area contributed by atoms with Gasteiger partial charge in [-0.05, 0) is 60.8 Å². The molecule has 0 saturated carbocycles. The maximum Gasteiger partial charge on any atom is 0.272 e. The highest BCUT2D eigenvalue weighted by molar-refractivity contribution is 5.94. The summed E-state index contributed by atoms with van der Waals surface area (Å²) in [7, 11) is 2.14. The maximum absolute atomic E-state index is 12.8. The van der Waals surface area contributed by atoms with Crippen LogP contribution in [0.3, 0.4) is 0 Å². The van der Waals surface area contributed by atoms with Gasteiger partial charge in [0.05, 0.1) is 12.0 Å². The molecule has 2 saturated heterocycles. The number of rotatable bonds is 4. The number of carbonyl (C=O) groups excluding carboxylic acids is 1. The van der Waals surface area contributed by atoms with Crippen LogP contribution in [0, 0.1) is 17.2 Å². The molecule has 0 aliphatic carbocycles. The van der Waals surface area contributed by atoms with Crippen molar-refractivity contribution in [2.24, 2.45) is 5.92 Å². The van der Waals surface area contributed by atoms with Gasteiger partial charge in [-0.3, -0.25) is 9.78 Å². The number of nitrogens with zero attached hydrogens (tertiary/aromatic N) is 8. The van der Waals surface area contributed by atoms with Crippen LogP contribution in [0.25, 0.3) is 11.1 Å². The fourth-order valence-corrected chi connectivity index (χ4v) is 5.63. The summed E-state index contributed by atoms with van der Waals surface area (Å²) >= 11 is 0. The number of amides is 1. The van der Waals surface area contributed by atoms with Crippen molar-refractivity contribution in [3.05, 3.63) is 59.4 Å². The topological polar surface area (TPSA) is 119 Å². The molecule has 1 aromatic carbocycles. The molecule has 0 spiro atoms. The number of nitrogen functional groups attached to an aromatic ring is 1. The Morgan fingerprint density at radius 2 is 1.74 bits per heavy atom. The first kappa shape index (κ1) is 25.1. The Morgan fingerprint density at radius 3 is 2.51 bits per heavy atom. The van der Waals surface area contributed by atoms with Gasteiger partial charge in [0.15, 0.2) is 0 Å². The number of hydrogen-bond donors (Lipinski definition) is 1. The summed E-state index contributed by atoms with van der Waals surface area (Å²) in [5.41, 5.74) is 11.1. The van der Waals surface area contributed by atoms with Crippen molar-refractivity contribution in [3.63, 3.8) is 0 Å². The third-order valence-corrected chi connectivity index (χ3v) is 8.10. The van der Waals surface area contributed by atoms with Gasteiger partial charge in [-0.1, -0.05) is 12.1 Å². The number of benzene rings is 1. The Bertz CT molecular complexity index is 1440. The van der Waals surface area contributed by atoms with Gasteiger partial charge in [0.1, 0.15) is 17.3 Å². The zero-order valence-corrected chi connectivity index (χ0v) is 22.4. The van der Waals surface area contributed by atoms with Crippen molar-refractivity contribution >= 4 is 23.5 Å². The number of likely N-dealkylation sites (tertiary alicyclic amines) is 1. The van der Waals surface area contributed by atoms with E-state index in [4.69, 9.17) is 11.0 Å². The molecule has 1 amide bonds. The molecule has 39 heavy (non-hydrogen) atoms. The average Bonchev–Trinajstić information content (AvgIpc) is 2.92. The molecule has 3 aliphatic heterocycles. The number of hydrogen-bond acceptors (Lipinski definition) is 9. The van der Waals surface area contributed by atoms with E-state index in [9.17, 15) is 4.79 Å². The Balaban J connectivity index is 1.24. The average molecular weight is 524 g/mol. The Kier molecular flexibility index (Phi) is 6.53. The van der Waals surface area contributed by atoms with Gasteiger partial charge in [0, 0.05) is 64.1 Å². The van der Waals surface area contributed by atoms with E-state index in [1.165, 1.54) is 11.1 Å². The lowest BCUT2D eigenvalue weighted by molar-refractivity contribution is 0.0571. The first-order chi connectivity index (χ1) is 18.9. The van der Waals surface area contributed by atoms with E-state index in [1.54, 1.807) is 11.1 Å². The summed E-state index contributed by atoms with van der Waals surface area (Å²) in [4.78, 5) is 34.9. The van der Waals surface area contributed by atoms with Gasteiger partial charge in [-0.2, -0.15) is 15.2 Å². The molecule has 2 fully saturated rings. The molecule has 1 unspecified atom stereocenters. The highest BCUT2D eigenvalue weighted by Crippen LogP contribution is 2.32. The van der Waals surface area contributed by atoms with Crippen molar-refractivity contribution in [1.29, 1.82) is 5.26 Å². The summed E-state index contributed by atoms with van der Waals surface area (Å²) < 4.78 is 0. The van der Waals surface area contributed by atoms with E-state index in [1.807, 2.05) is 12.1 Å². The van der Waals surface area contributed by atoms with Gasteiger partial charge < -0.3 is 25.3 Å². The minimum absolute atomic E-state index is 0.0778. The lowest BCUT2D eigenvalue weighted by Crippen LogP contribution is -2.49. The minimum Gasteiger partial charge on any atom is -0.368 e. The fourth-order valence-electron chi connectivity index (χ4n) is 5.63. The van der Waals surface area contributed by atoms with E-state index in [0.29, 0.717) is 31.3 Å². The highest BCUT2D eigenvalue weighted by atomic mass is 16.2. The summed E-state index contributed by atoms with van der Waals surface area (Å²) in [6.07, 6.45) is 2.58. The van der Waals surface area contributed by atoms with Crippen LogP contribution in [-0.2, 0) is 13.0 Å². The van der Waals surface area contributed by atoms with Crippen LogP contribution in [0.5, 0.6) is 0 Å². The standard InChI is InChI=1S/C29H33N9O/c1-19-11-21-3-4-22(23-5-6-32-25(13-23)28(39)37-16-20(15-30)17-37)12-24(21)18-38(19)27-14-26(33-29(31)34-27)36-9-7-35(2)8-10-36/h3-6,12-14,19-20H,7-11,16-18H2,1-2H3,(H2,31,33,34).